The number of rotatable bonds is 8. The Morgan fingerprint density at radius 1 is 0.861 bits per heavy atom. The van der Waals surface area contributed by atoms with Crippen molar-refractivity contribution in [1.82, 2.24) is 5.32 Å². The molecule has 0 bridgehead atoms. The smallest absolute Gasteiger partial charge is 0.264 e. The molecule has 1 amide bonds. The van der Waals surface area contributed by atoms with E-state index < -0.39 is 10.0 Å². The molecule has 3 aromatic carbocycles. The Morgan fingerprint density at radius 2 is 1.47 bits per heavy atom. The van der Waals surface area contributed by atoms with Crippen molar-refractivity contribution in [2.45, 2.75) is 70.2 Å². The number of hydrogen-bond acceptors (Lipinski definition) is 3. The standard InChI is InChI=1S/C30H36N2O3S/c1-21(2)24-13-15-28(16-14-24)32(36(34,35)29-17-9-22(3)10-18-29)20-30(33)31-23(4)26-12-11-25-7-5-6-8-27(25)19-26/h9-19,21,23H,5-8,20H2,1-4H3,(H,31,33)/t23-/m0/s1. The van der Waals surface area contributed by atoms with Crippen molar-refractivity contribution < 1.29 is 13.2 Å². The van der Waals surface area contributed by atoms with Gasteiger partial charge in [-0.25, -0.2) is 8.42 Å². The fourth-order valence-corrected chi connectivity index (χ4v) is 6.12. The highest BCUT2D eigenvalue weighted by Gasteiger charge is 2.28. The second kappa shape index (κ2) is 10.9. The lowest BCUT2D eigenvalue weighted by molar-refractivity contribution is -0.120. The number of amides is 1. The number of aryl methyl sites for hydroxylation is 3. The van der Waals surface area contributed by atoms with Crippen LogP contribution in [0.25, 0.3) is 0 Å². The summed E-state index contributed by atoms with van der Waals surface area (Å²) in [5.74, 6) is -0.0224. The van der Waals surface area contributed by atoms with E-state index in [4.69, 9.17) is 0 Å². The van der Waals surface area contributed by atoms with E-state index in [9.17, 15) is 13.2 Å². The third-order valence-electron chi connectivity index (χ3n) is 6.99. The first-order valence-corrected chi connectivity index (χ1v) is 14.2. The van der Waals surface area contributed by atoms with Crippen LogP contribution in [0.1, 0.15) is 73.4 Å². The van der Waals surface area contributed by atoms with Crippen LogP contribution in [0.5, 0.6) is 0 Å². The van der Waals surface area contributed by atoms with Crippen LogP contribution in [-0.2, 0) is 27.7 Å². The third-order valence-corrected chi connectivity index (χ3v) is 8.78. The Bertz CT molecular complexity index is 1310. The molecule has 36 heavy (non-hydrogen) atoms. The van der Waals surface area contributed by atoms with Gasteiger partial charge in [-0.3, -0.25) is 9.10 Å². The summed E-state index contributed by atoms with van der Waals surface area (Å²) >= 11 is 0. The van der Waals surface area contributed by atoms with Crippen LogP contribution in [0.3, 0.4) is 0 Å². The molecule has 1 N–H and O–H groups in total. The highest BCUT2D eigenvalue weighted by Crippen LogP contribution is 2.27. The molecule has 1 aliphatic rings. The van der Waals surface area contributed by atoms with Gasteiger partial charge in [0, 0.05) is 0 Å². The summed E-state index contributed by atoms with van der Waals surface area (Å²) in [6.07, 6.45) is 4.59. The van der Waals surface area contributed by atoms with E-state index in [1.54, 1.807) is 36.4 Å². The van der Waals surface area contributed by atoms with E-state index in [2.05, 4.69) is 37.4 Å². The lowest BCUT2D eigenvalue weighted by Crippen LogP contribution is -2.41. The summed E-state index contributed by atoms with van der Waals surface area (Å²) in [5, 5.41) is 3.02. The number of carbonyl (C=O) groups is 1. The summed E-state index contributed by atoms with van der Waals surface area (Å²) < 4.78 is 28.5. The van der Waals surface area contributed by atoms with Crippen LogP contribution in [-0.4, -0.2) is 20.9 Å². The van der Waals surface area contributed by atoms with Gasteiger partial charge >= 0.3 is 0 Å². The SMILES string of the molecule is Cc1ccc(S(=O)(=O)N(CC(=O)N[C@@H](C)c2ccc3c(c2)CCCC3)c2ccc(C(C)C)cc2)cc1. The lowest BCUT2D eigenvalue weighted by Gasteiger charge is -2.26. The maximum atomic E-state index is 13.7. The molecule has 0 fully saturated rings. The van der Waals surface area contributed by atoms with E-state index in [1.165, 1.54) is 28.3 Å². The van der Waals surface area contributed by atoms with Gasteiger partial charge in [0.1, 0.15) is 6.54 Å². The summed E-state index contributed by atoms with van der Waals surface area (Å²) in [6.45, 7) is 7.73. The highest BCUT2D eigenvalue weighted by molar-refractivity contribution is 7.92. The fourth-order valence-electron chi connectivity index (χ4n) is 4.70. The molecule has 190 valence electrons. The third kappa shape index (κ3) is 5.81. The molecule has 4 rings (SSSR count). The van der Waals surface area contributed by atoms with E-state index >= 15 is 0 Å². The van der Waals surface area contributed by atoms with Crippen LogP contribution < -0.4 is 9.62 Å². The largest absolute Gasteiger partial charge is 0.348 e. The molecule has 0 saturated heterocycles. The van der Waals surface area contributed by atoms with Crippen molar-refractivity contribution in [2.24, 2.45) is 0 Å². The van der Waals surface area contributed by atoms with Gasteiger partial charge < -0.3 is 5.32 Å². The molecular formula is C30H36N2O3S. The maximum Gasteiger partial charge on any atom is 0.264 e. The van der Waals surface area contributed by atoms with Crippen molar-refractivity contribution >= 4 is 21.6 Å². The Balaban J connectivity index is 1.58. The van der Waals surface area contributed by atoms with Gasteiger partial charge in [-0.15, -0.1) is 0 Å². The second-order valence-corrected chi connectivity index (χ2v) is 12.0. The molecule has 0 aliphatic heterocycles. The normalized spacial score (nSPS) is 14.2. The molecule has 0 heterocycles. The molecule has 1 aliphatic carbocycles. The Hall–Kier alpha value is -3.12. The molecule has 0 spiro atoms. The van der Waals surface area contributed by atoms with Crippen molar-refractivity contribution in [3.05, 3.63) is 94.5 Å². The minimum Gasteiger partial charge on any atom is -0.348 e. The number of nitrogens with zero attached hydrogens (tertiary/aromatic N) is 1. The van der Waals surface area contributed by atoms with Crippen LogP contribution in [0.4, 0.5) is 5.69 Å². The van der Waals surface area contributed by atoms with Crippen LogP contribution in [0, 0.1) is 6.92 Å². The highest BCUT2D eigenvalue weighted by atomic mass is 32.2. The molecule has 0 aromatic heterocycles. The van der Waals surface area contributed by atoms with Crippen molar-refractivity contribution in [3.8, 4) is 0 Å². The first-order valence-electron chi connectivity index (χ1n) is 12.8. The number of sulfonamides is 1. The molecule has 6 heteroatoms. The first-order chi connectivity index (χ1) is 17.1. The Labute approximate surface area is 215 Å². The van der Waals surface area contributed by atoms with E-state index in [1.807, 2.05) is 26.0 Å². The van der Waals surface area contributed by atoms with E-state index in [-0.39, 0.29) is 23.4 Å². The molecule has 0 radical (unpaired) electrons. The monoisotopic (exact) mass is 504 g/mol. The van der Waals surface area contributed by atoms with Gasteiger partial charge in [0.2, 0.25) is 5.91 Å². The lowest BCUT2D eigenvalue weighted by atomic mass is 9.89. The second-order valence-electron chi connectivity index (χ2n) is 10.1. The van der Waals surface area contributed by atoms with Gasteiger partial charge in [-0.05, 0) is 92.0 Å². The molecule has 0 saturated carbocycles. The Kier molecular flexibility index (Phi) is 7.84. The van der Waals surface area contributed by atoms with E-state index in [0.29, 0.717) is 11.6 Å². The van der Waals surface area contributed by atoms with Crippen molar-refractivity contribution in [2.75, 3.05) is 10.8 Å². The average molecular weight is 505 g/mol. The first kappa shape index (κ1) is 26.0. The number of nitrogens with one attached hydrogen (secondary N) is 1. The Morgan fingerprint density at radius 3 is 2.11 bits per heavy atom. The summed E-state index contributed by atoms with van der Waals surface area (Å²) in [7, 11) is -3.94. The van der Waals surface area contributed by atoms with Crippen LogP contribution in [0.2, 0.25) is 0 Å². The van der Waals surface area contributed by atoms with Crippen LogP contribution >= 0.6 is 0 Å². The van der Waals surface area contributed by atoms with Gasteiger partial charge in [-0.2, -0.15) is 0 Å². The predicted octanol–water partition coefficient (Wildman–Crippen LogP) is 6.07. The zero-order valence-electron chi connectivity index (χ0n) is 21.6. The average Bonchev–Trinajstić information content (AvgIpc) is 2.87. The van der Waals surface area contributed by atoms with Gasteiger partial charge in [0.15, 0.2) is 0 Å². The van der Waals surface area contributed by atoms with E-state index in [0.717, 1.165) is 29.5 Å². The van der Waals surface area contributed by atoms with Crippen molar-refractivity contribution in [1.29, 1.82) is 0 Å². The molecular weight excluding hydrogens is 468 g/mol. The molecule has 1 atom stereocenters. The minimum absolute atomic E-state index is 0.163. The maximum absolute atomic E-state index is 13.7. The number of benzene rings is 3. The van der Waals surface area contributed by atoms with Crippen LogP contribution in [0.15, 0.2) is 71.6 Å². The summed E-state index contributed by atoms with van der Waals surface area (Å²) in [6, 6.07) is 20.3. The predicted molar refractivity (Wildman–Crippen MR) is 146 cm³/mol. The summed E-state index contributed by atoms with van der Waals surface area (Å²) in [5.41, 5.74) is 6.34. The number of hydrogen-bond donors (Lipinski definition) is 1. The fraction of sp³-hybridized carbons (Fsp3) is 0.367. The molecule has 5 nitrogen and oxygen atoms in total. The number of carbonyl (C=O) groups excluding carboxylic acids is 1. The topological polar surface area (TPSA) is 66.5 Å². The number of fused-ring (bicyclic) bond motifs is 1. The van der Waals surface area contributed by atoms with Gasteiger partial charge in [0.05, 0.1) is 16.6 Å². The zero-order valence-corrected chi connectivity index (χ0v) is 22.4. The molecule has 3 aromatic rings. The zero-order chi connectivity index (χ0) is 25.9. The molecule has 0 unspecified atom stereocenters. The summed E-state index contributed by atoms with van der Waals surface area (Å²) in [4.78, 5) is 13.4. The van der Waals surface area contributed by atoms with Gasteiger partial charge in [0.25, 0.3) is 10.0 Å². The minimum atomic E-state index is -3.94. The quantitative estimate of drug-likeness (QED) is 0.405. The van der Waals surface area contributed by atoms with Crippen molar-refractivity contribution in [3.63, 3.8) is 0 Å². The number of anilines is 1. The van der Waals surface area contributed by atoms with Gasteiger partial charge in [-0.1, -0.05) is 61.9 Å².